The quantitative estimate of drug-likeness (QED) is 0.251. The number of thioether (sulfide) groups is 1. The van der Waals surface area contributed by atoms with Crippen molar-refractivity contribution in [3.05, 3.63) is 74.2 Å². The number of nitro groups is 1. The number of benzene rings is 2. The number of hydrogen-bond donors (Lipinski definition) is 1. The maximum atomic E-state index is 12.2. The van der Waals surface area contributed by atoms with Crippen LogP contribution in [-0.2, 0) is 5.75 Å². The first kappa shape index (κ1) is 18.5. The van der Waals surface area contributed by atoms with Crippen LogP contribution in [0.3, 0.4) is 0 Å². The fraction of sp³-hybridized carbons (Fsp3) is 0.0625. The molecule has 0 unspecified atom stereocenters. The van der Waals surface area contributed by atoms with Crippen LogP contribution in [0.25, 0.3) is 0 Å². The first-order chi connectivity index (χ1) is 12.5. The number of aromatic nitrogens is 2. The summed E-state index contributed by atoms with van der Waals surface area (Å²) in [5, 5.41) is 21.9. The number of hydrogen-bond acceptors (Lipinski definition) is 7. The Labute approximate surface area is 165 Å². The summed E-state index contributed by atoms with van der Waals surface area (Å²) >= 11 is 5.98. The van der Waals surface area contributed by atoms with Gasteiger partial charge in [0.05, 0.1) is 4.92 Å². The standard InChI is InChI=1S/C16H11BrN4O3S2/c17-12-5-2-4-11(8-12)14(22)18-15-19-20-16(26-15)25-9-10-3-1-6-13(7-10)21(23)24/h1-8H,9H2,(H,18,19,22). The molecule has 0 fully saturated rings. The highest BCUT2D eigenvalue weighted by Gasteiger charge is 2.12. The minimum atomic E-state index is -0.422. The fourth-order valence-corrected chi connectivity index (χ4v) is 4.11. The molecule has 132 valence electrons. The average molecular weight is 451 g/mol. The molecule has 0 saturated heterocycles. The lowest BCUT2D eigenvalue weighted by molar-refractivity contribution is -0.384. The second kappa shape index (κ2) is 8.39. The summed E-state index contributed by atoms with van der Waals surface area (Å²) in [5.41, 5.74) is 1.39. The van der Waals surface area contributed by atoms with E-state index in [1.54, 1.807) is 24.3 Å². The number of non-ortho nitro benzene ring substituents is 1. The van der Waals surface area contributed by atoms with Gasteiger partial charge in [0.15, 0.2) is 4.34 Å². The number of anilines is 1. The monoisotopic (exact) mass is 450 g/mol. The molecular formula is C16H11BrN4O3S2. The molecule has 0 aliphatic heterocycles. The van der Waals surface area contributed by atoms with Crippen LogP contribution in [0.5, 0.6) is 0 Å². The Bertz CT molecular complexity index is 964. The maximum Gasteiger partial charge on any atom is 0.269 e. The second-order valence-electron chi connectivity index (χ2n) is 5.05. The van der Waals surface area contributed by atoms with E-state index in [1.165, 1.54) is 35.2 Å². The van der Waals surface area contributed by atoms with Crippen molar-refractivity contribution in [3.8, 4) is 0 Å². The highest BCUT2D eigenvalue weighted by Crippen LogP contribution is 2.29. The lowest BCUT2D eigenvalue weighted by Gasteiger charge is -2.01. The molecule has 1 N–H and O–H groups in total. The second-order valence-corrected chi connectivity index (χ2v) is 8.17. The van der Waals surface area contributed by atoms with E-state index in [4.69, 9.17) is 0 Å². The van der Waals surface area contributed by atoms with E-state index in [9.17, 15) is 14.9 Å². The van der Waals surface area contributed by atoms with Crippen LogP contribution in [0.1, 0.15) is 15.9 Å². The molecule has 0 aliphatic rings. The van der Waals surface area contributed by atoms with E-state index < -0.39 is 4.92 Å². The van der Waals surface area contributed by atoms with Crippen LogP contribution in [0.4, 0.5) is 10.8 Å². The number of halogens is 1. The summed E-state index contributed by atoms with van der Waals surface area (Å²) in [6.07, 6.45) is 0. The van der Waals surface area contributed by atoms with Gasteiger partial charge in [-0.1, -0.05) is 57.2 Å². The summed E-state index contributed by atoms with van der Waals surface area (Å²) in [4.78, 5) is 22.6. The Morgan fingerprint density at radius 1 is 1.23 bits per heavy atom. The molecule has 3 rings (SSSR count). The van der Waals surface area contributed by atoms with E-state index in [0.29, 0.717) is 20.8 Å². The van der Waals surface area contributed by atoms with Crippen molar-refractivity contribution in [2.75, 3.05) is 5.32 Å². The molecule has 0 bridgehead atoms. The van der Waals surface area contributed by atoms with Crippen LogP contribution in [-0.4, -0.2) is 21.0 Å². The van der Waals surface area contributed by atoms with Gasteiger partial charge in [0, 0.05) is 27.9 Å². The first-order valence-corrected chi connectivity index (χ1v) is 9.87. The lowest BCUT2D eigenvalue weighted by Crippen LogP contribution is -2.11. The molecule has 1 heterocycles. The SMILES string of the molecule is O=C(Nc1nnc(SCc2cccc([N+](=O)[O-])c2)s1)c1cccc(Br)c1. The first-order valence-electron chi connectivity index (χ1n) is 7.28. The predicted octanol–water partition coefficient (Wildman–Crippen LogP) is 4.75. The zero-order valence-electron chi connectivity index (χ0n) is 13.1. The van der Waals surface area contributed by atoms with Gasteiger partial charge in [0.25, 0.3) is 11.6 Å². The van der Waals surface area contributed by atoms with Crippen molar-refractivity contribution in [1.82, 2.24) is 10.2 Å². The van der Waals surface area contributed by atoms with Gasteiger partial charge < -0.3 is 0 Å². The molecule has 10 heteroatoms. The third kappa shape index (κ3) is 4.87. The molecule has 26 heavy (non-hydrogen) atoms. The van der Waals surface area contributed by atoms with Crippen molar-refractivity contribution in [3.63, 3.8) is 0 Å². The zero-order chi connectivity index (χ0) is 18.5. The smallest absolute Gasteiger partial charge is 0.269 e. The molecule has 0 spiro atoms. The van der Waals surface area contributed by atoms with Gasteiger partial charge in [-0.3, -0.25) is 20.2 Å². The van der Waals surface area contributed by atoms with Gasteiger partial charge in [0.1, 0.15) is 0 Å². The number of rotatable bonds is 6. The number of carbonyl (C=O) groups is 1. The van der Waals surface area contributed by atoms with Crippen molar-refractivity contribution in [1.29, 1.82) is 0 Å². The van der Waals surface area contributed by atoms with E-state index in [2.05, 4.69) is 31.4 Å². The molecule has 0 aliphatic carbocycles. The summed E-state index contributed by atoms with van der Waals surface area (Å²) in [6.45, 7) is 0. The summed E-state index contributed by atoms with van der Waals surface area (Å²) in [5.74, 6) is 0.258. The van der Waals surface area contributed by atoms with Gasteiger partial charge in [0.2, 0.25) is 5.13 Å². The molecule has 1 aromatic heterocycles. The molecule has 7 nitrogen and oxygen atoms in total. The molecule has 2 aromatic carbocycles. The van der Waals surface area contributed by atoms with Crippen molar-refractivity contribution in [2.24, 2.45) is 0 Å². The molecule has 3 aromatic rings. The minimum absolute atomic E-state index is 0.0577. The average Bonchev–Trinajstić information content (AvgIpc) is 3.07. The molecule has 0 radical (unpaired) electrons. The van der Waals surface area contributed by atoms with Crippen LogP contribution in [0.2, 0.25) is 0 Å². The fourth-order valence-electron chi connectivity index (χ4n) is 2.02. The number of carbonyl (C=O) groups excluding carboxylic acids is 1. The number of nitro benzene ring substituents is 1. The van der Waals surface area contributed by atoms with Crippen LogP contribution in [0.15, 0.2) is 57.3 Å². The van der Waals surface area contributed by atoms with Crippen LogP contribution in [0, 0.1) is 10.1 Å². The largest absolute Gasteiger partial charge is 0.296 e. The van der Waals surface area contributed by atoms with Crippen LogP contribution >= 0.6 is 39.0 Å². The Kier molecular flexibility index (Phi) is 5.96. The van der Waals surface area contributed by atoms with E-state index in [1.807, 2.05) is 12.1 Å². The summed E-state index contributed by atoms with van der Waals surface area (Å²) in [6, 6.07) is 13.5. The van der Waals surface area contributed by atoms with Crippen molar-refractivity contribution >= 4 is 55.8 Å². The Hall–Kier alpha value is -2.30. The highest BCUT2D eigenvalue weighted by molar-refractivity contribution is 9.10. The molecular weight excluding hydrogens is 440 g/mol. The normalized spacial score (nSPS) is 10.5. The Balaban J connectivity index is 1.60. The highest BCUT2D eigenvalue weighted by atomic mass is 79.9. The van der Waals surface area contributed by atoms with Gasteiger partial charge in [-0.15, -0.1) is 10.2 Å². The predicted molar refractivity (Wildman–Crippen MR) is 105 cm³/mol. The van der Waals surface area contributed by atoms with Gasteiger partial charge in [-0.25, -0.2) is 0 Å². The number of nitrogens with zero attached hydrogens (tertiary/aromatic N) is 3. The molecule has 0 atom stereocenters. The van der Waals surface area contributed by atoms with Gasteiger partial charge >= 0.3 is 0 Å². The minimum Gasteiger partial charge on any atom is -0.296 e. The zero-order valence-corrected chi connectivity index (χ0v) is 16.3. The van der Waals surface area contributed by atoms with Crippen LogP contribution < -0.4 is 5.32 Å². The third-order valence-corrected chi connectivity index (χ3v) is 5.73. The Morgan fingerprint density at radius 2 is 2.04 bits per heavy atom. The summed E-state index contributed by atoms with van der Waals surface area (Å²) in [7, 11) is 0. The Morgan fingerprint density at radius 3 is 2.81 bits per heavy atom. The topological polar surface area (TPSA) is 98.0 Å². The molecule has 1 amide bonds. The lowest BCUT2D eigenvalue weighted by atomic mass is 10.2. The van der Waals surface area contributed by atoms with E-state index in [0.717, 1.165) is 10.0 Å². The maximum absolute atomic E-state index is 12.2. The third-order valence-electron chi connectivity index (χ3n) is 3.20. The van der Waals surface area contributed by atoms with E-state index in [-0.39, 0.29) is 11.6 Å². The van der Waals surface area contributed by atoms with Crippen molar-refractivity contribution in [2.45, 2.75) is 10.1 Å². The summed E-state index contributed by atoms with van der Waals surface area (Å²) < 4.78 is 1.48. The number of amides is 1. The number of nitrogens with one attached hydrogen (secondary N) is 1. The van der Waals surface area contributed by atoms with Gasteiger partial charge in [-0.05, 0) is 23.8 Å². The van der Waals surface area contributed by atoms with E-state index >= 15 is 0 Å². The molecule has 0 saturated carbocycles. The van der Waals surface area contributed by atoms with Gasteiger partial charge in [-0.2, -0.15) is 0 Å². The van der Waals surface area contributed by atoms with Crippen molar-refractivity contribution < 1.29 is 9.72 Å².